The number of hydrogen-bond donors (Lipinski definition) is 3. The van der Waals surface area contributed by atoms with E-state index >= 15 is 0 Å². The van der Waals surface area contributed by atoms with Crippen molar-refractivity contribution in [3.63, 3.8) is 0 Å². The highest BCUT2D eigenvalue weighted by molar-refractivity contribution is 6.01. The maximum absolute atomic E-state index is 11.9. The maximum atomic E-state index is 11.9. The first kappa shape index (κ1) is 16.5. The van der Waals surface area contributed by atoms with Gasteiger partial charge in [0.25, 0.3) is 5.91 Å². The number of anilines is 1. The quantitative estimate of drug-likeness (QED) is 0.694. The number of nitrogens with one attached hydrogen (secondary N) is 2. The van der Waals surface area contributed by atoms with Crippen LogP contribution < -0.4 is 25.4 Å². The summed E-state index contributed by atoms with van der Waals surface area (Å²) < 4.78 is 16.3. The standard InChI is InChI=1S/C16H21N3O5/c20-15(10-17-9-12-2-1-5-22-12)19-16(21)18-11-3-4-13-14(8-11)24-7-6-23-13/h3-4,8,12,17H,1-2,5-7,9-10H2,(H2,18,19,20,21)/p+1/t12-/m0/s1. The molecule has 130 valence electrons. The number of carbonyl (C=O) groups excluding carboxylic acids is 2. The van der Waals surface area contributed by atoms with Crippen molar-refractivity contribution in [2.75, 3.05) is 38.2 Å². The molecule has 1 atom stereocenters. The number of urea groups is 1. The number of amides is 3. The van der Waals surface area contributed by atoms with Crippen molar-refractivity contribution in [3.05, 3.63) is 18.2 Å². The van der Waals surface area contributed by atoms with E-state index in [1.165, 1.54) is 0 Å². The number of ether oxygens (including phenoxy) is 3. The Morgan fingerprint density at radius 3 is 2.79 bits per heavy atom. The fraction of sp³-hybridized carbons (Fsp3) is 0.500. The first-order chi connectivity index (χ1) is 11.7. The molecular weight excluding hydrogens is 314 g/mol. The lowest BCUT2D eigenvalue weighted by Crippen LogP contribution is -2.88. The predicted octanol–water partition coefficient (Wildman–Crippen LogP) is -0.152. The fourth-order valence-electron chi connectivity index (χ4n) is 2.69. The third-order valence-electron chi connectivity index (χ3n) is 3.84. The Labute approximate surface area is 139 Å². The second kappa shape index (κ2) is 7.98. The molecule has 0 spiro atoms. The van der Waals surface area contributed by atoms with Gasteiger partial charge >= 0.3 is 6.03 Å². The maximum Gasteiger partial charge on any atom is 0.326 e. The lowest BCUT2D eigenvalue weighted by atomic mass is 10.2. The van der Waals surface area contributed by atoms with Gasteiger partial charge in [0, 0.05) is 18.4 Å². The van der Waals surface area contributed by atoms with Crippen LogP contribution in [-0.4, -0.2) is 51.0 Å². The zero-order valence-electron chi connectivity index (χ0n) is 13.4. The Kier molecular flexibility index (Phi) is 5.50. The fourth-order valence-corrected chi connectivity index (χ4v) is 2.69. The molecule has 4 N–H and O–H groups in total. The highest BCUT2D eigenvalue weighted by Crippen LogP contribution is 2.32. The zero-order chi connectivity index (χ0) is 16.8. The topological polar surface area (TPSA) is 102 Å². The van der Waals surface area contributed by atoms with Gasteiger partial charge in [-0.2, -0.15) is 0 Å². The predicted molar refractivity (Wildman–Crippen MR) is 85.2 cm³/mol. The summed E-state index contributed by atoms with van der Waals surface area (Å²) in [6, 6.07) is 4.52. The first-order valence-electron chi connectivity index (χ1n) is 8.14. The number of quaternary nitrogens is 1. The highest BCUT2D eigenvalue weighted by Gasteiger charge is 2.18. The van der Waals surface area contributed by atoms with Gasteiger partial charge in [0.2, 0.25) is 0 Å². The molecule has 24 heavy (non-hydrogen) atoms. The molecule has 0 saturated carbocycles. The van der Waals surface area contributed by atoms with E-state index < -0.39 is 6.03 Å². The Morgan fingerprint density at radius 2 is 2.00 bits per heavy atom. The van der Waals surface area contributed by atoms with Gasteiger partial charge in [-0.05, 0) is 25.0 Å². The van der Waals surface area contributed by atoms with Crippen molar-refractivity contribution >= 4 is 17.6 Å². The number of fused-ring (bicyclic) bond motifs is 1. The Bertz CT molecular complexity index is 601. The first-order valence-corrected chi connectivity index (χ1v) is 8.14. The molecule has 8 nitrogen and oxygen atoms in total. The Balaban J connectivity index is 1.40. The minimum Gasteiger partial charge on any atom is -0.486 e. The van der Waals surface area contributed by atoms with E-state index in [1.54, 1.807) is 18.2 Å². The van der Waals surface area contributed by atoms with E-state index in [1.807, 2.05) is 5.32 Å². The summed E-state index contributed by atoms with van der Waals surface area (Å²) in [4.78, 5) is 23.6. The minimum atomic E-state index is -0.567. The van der Waals surface area contributed by atoms with Gasteiger partial charge in [-0.25, -0.2) is 4.79 Å². The summed E-state index contributed by atoms with van der Waals surface area (Å²) in [7, 11) is 0. The van der Waals surface area contributed by atoms with Gasteiger partial charge in [-0.15, -0.1) is 0 Å². The molecule has 2 heterocycles. The zero-order valence-corrected chi connectivity index (χ0v) is 13.4. The second-order valence-corrected chi connectivity index (χ2v) is 5.72. The monoisotopic (exact) mass is 336 g/mol. The van der Waals surface area contributed by atoms with Gasteiger partial charge < -0.3 is 24.8 Å². The molecule has 0 aromatic heterocycles. The molecule has 1 aromatic rings. The van der Waals surface area contributed by atoms with Crippen molar-refractivity contribution in [2.24, 2.45) is 0 Å². The number of carbonyl (C=O) groups is 2. The summed E-state index contributed by atoms with van der Waals surface area (Å²) in [6.07, 6.45) is 2.31. The molecule has 1 fully saturated rings. The van der Waals surface area contributed by atoms with E-state index in [2.05, 4.69) is 10.6 Å². The second-order valence-electron chi connectivity index (χ2n) is 5.72. The van der Waals surface area contributed by atoms with Gasteiger partial charge in [0.05, 0.1) is 0 Å². The van der Waals surface area contributed by atoms with Crippen molar-refractivity contribution in [1.29, 1.82) is 0 Å². The van der Waals surface area contributed by atoms with Crippen LogP contribution in [0.2, 0.25) is 0 Å². The molecule has 8 heteroatoms. The van der Waals surface area contributed by atoms with E-state index in [9.17, 15) is 9.59 Å². The average molecular weight is 336 g/mol. The van der Waals surface area contributed by atoms with Crippen LogP contribution >= 0.6 is 0 Å². The molecular formula is C16H22N3O5+. The number of rotatable bonds is 5. The molecule has 2 aliphatic rings. The van der Waals surface area contributed by atoms with Crippen molar-refractivity contribution in [1.82, 2.24) is 5.32 Å². The van der Waals surface area contributed by atoms with Crippen molar-refractivity contribution < 1.29 is 29.1 Å². The van der Waals surface area contributed by atoms with Crippen molar-refractivity contribution in [2.45, 2.75) is 18.9 Å². The van der Waals surface area contributed by atoms with Crippen LogP contribution in [0.4, 0.5) is 10.5 Å². The highest BCUT2D eigenvalue weighted by atomic mass is 16.6. The van der Waals surface area contributed by atoms with Crippen LogP contribution in [0.25, 0.3) is 0 Å². The van der Waals surface area contributed by atoms with Crippen LogP contribution in [0.3, 0.4) is 0 Å². The van der Waals surface area contributed by atoms with Gasteiger partial charge in [-0.3, -0.25) is 10.1 Å². The summed E-state index contributed by atoms with van der Waals surface area (Å²) >= 11 is 0. The smallest absolute Gasteiger partial charge is 0.326 e. The van der Waals surface area contributed by atoms with Crippen LogP contribution in [0.5, 0.6) is 11.5 Å². The number of benzene rings is 1. The molecule has 2 aliphatic heterocycles. The summed E-state index contributed by atoms with van der Waals surface area (Å²) in [5, 5.41) is 6.76. The number of hydrogen-bond acceptors (Lipinski definition) is 5. The number of nitrogens with two attached hydrogens (primary N) is 1. The van der Waals surface area contributed by atoms with Crippen LogP contribution in [0.1, 0.15) is 12.8 Å². The van der Waals surface area contributed by atoms with Gasteiger partial charge in [0.15, 0.2) is 18.0 Å². The lowest BCUT2D eigenvalue weighted by Gasteiger charge is -2.19. The summed E-state index contributed by atoms with van der Waals surface area (Å²) in [6.45, 7) is 2.70. The van der Waals surface area contributed by atoms with Crippen molar-refractivity contribution in [3.8, 4) is 11.5 Å². The minimum absolute atomic E-state index is 0.189. The molecule has 0 radical (unpaired) electrons. The number of imide groups is 1. The Morgan fingerprint density at radius 1 is 1.17 bits per heavy atom. The Hall–Kier alpha value is -2.32. The van der Waals surface area contributed by atoms with Gasteiger partial charge in [-0.1, -0.05) is 0 Å². The van der Waals surface area contributed by atoms with E-state index in [0.717, 1.165) is 26.0 Å². The van der Waals surface area contributed by atoms with E-state index in [0.29, 0.717) is 30.4 Å². The normalized spacial score (nSPS) is 18.9. The van der Waals surface area contributed by atoms with Crippen LogP contribution in [0, 0.1) is 0 Å². The third-order valence-corrected chi connectivity index (χ3v) is 3.84. The summed E-state index contributed by atoms with van der Waals surface area (Å²) in [5.41, 5.74) is 0.535. The molecule has 1 aromatic carbocycles. The molecule has 3 amide bonds. The molecule has 0 unspecified atom stereocenters. The largest absolute Gasteiger partial charge is 0.486 e. The van der Waals surface area contributed by atoms with Crippen LogP contribution in [0.15, 0.2) is 18.2 Å². The lowest BCUT2D eigenvalue weighted by molar-refractivity contribution is -0.650. The van der Waals surface area contributed by atoms with E-state index in [4.69, 9.17) is 14.2 Å². The molecule has 1 saturated heterocycles. The SMILES string of the molecule is O=C(C[NH2+]C[C@@H]1CCCO1)NC(=O)Nc1ccc2c(c1)OCCO2. The average Bonchev–Trinajstić information content (AvgIpc) is 3.08. The van der Waals surface area contributed by atoms with E-state index in [-0.39, 0.29) is 18.6 Å². The van der Waals surface area contributed by atoms with Gasteiger partial charge in [0.1, 0.15) is 25.9 Å². The molecule has 0 bridgehead atoms. The third kappa shape index (κ3) is 4.59. The van der Waals surface area contributed by atoms with Crippen LogP contribution in [-0.2, 0) is 9.53 Å². The molecule has 0 aliphatic carbocycles. The molecule has 3 rings (SSSR count). The summed E-state index contributed by atoms with van der Waals surface area (Å²) in [5.74, 6) is 0.880.